The number of hydrogen-bond donors (Lipinski definition) is 0. The standard InChI is InChI=1S/C15H13ClN4O2/c16-11-2-1-3-12(8-11)18-6-7-19-13(14(18)21)17-20(15(19)22)9-10-4-5-10/h1-3,6-8,10H,4-5,9H2. The van der Waals surface area contributed by atoms with Crippen molar-refractivity contribution in [2.24, 2.45) is 5.92 Å². The molecule has 2 heterocycles. The van der Waals surface area contributed by atoms with Crippen molar-refractivity contribution in [2.75, 3.05) is 0 Å². The highest BCUT2D eigenvalue weighted by molar-refractivity contribution is 6.30. The molecule has 0 spiro atoms. The maximum atomic E-state index is 12.6. The molecule has 0 unspecified atom stereocenters. The number of halogens is 1. The first kappa shape index (κ1) is 13.3. The molecule has 22 heavy (non-hydrogen) atoms. The van der Waals surface area contributed by atoms with Crippen LogP contribution in [0.5, 0.6) is 0 Å². The monoisotopic (exact) mass is 316 g/mol. The molecule has 112 valence electrons. The van der Waals surface area contributed by atoms with Crippen LogP contribution in [0.1, 0.15) is 12.8 Å². The lowest BCUT2D eigenvalue weighted by atomic mass is 10.3. The Kier molecular flexibility index (Phi) is 2.94. The minimum absolute atomic E-state index is 0.133. The van der Waals surface area contributed by atoms with Crippen molar-refractivity contribution in [1.29, 1.82) is 0 Å². The molecule has 1 aliphatic rings. The van der Waals surface area contributed by atoms with E-state index >= 15 is 0 Å². The average Bonchev–Trinajstić information content (AvgIpc) is 3.26. The van der Waals surface area contributed by atoms with Crippen molar-refractivity contribution in [1.82, 2.24) is 18.7 Å². The summed E-state index contributed by atoms with van der Waals surface area (Å²) in [6.45, 7) is 0.580. The molecule has 2 aromatic heterocycles. The fraction of sp³-hybridized carbons (Fsp3) is 0.267. The maximum Gasteiger partial charge on any atom is 0.350 e. The summed E-state index contributed by atoms with van der Waals surface area (Å²) in [5, 5.41) is 4.74. The topological polar surface area (TPSA) is 61.3 Å². The SMILES string of the molecule is O=c1c2nn(CC3CC3)c(=O)n2ccn1-c1cccc(Cl)c1. The van der Waals surface area contributed by atoms with Crippen LogP contribution >= 0.6 is 11.6 Å². The zero-order chi connectivity index (χ0) is 15.3. The molecule has 0 aliphatic heterocycles. The van der Waals surface area contributed by atoms with Gasteiger partial charge >= 0.3 is 11.2 Å². The van der Waals surface area contributed by atoms with Crippen molar-refractivity contribution in [3.05, 3.63) is 62.5 Å². The van der Waals surface area contributed by atoms with Gasteiger partial charge in [0.05, 0.1) is 5.69 Å². The van der Waals surface area contributed by atoms with Crippen LogP contribution in [0.25, 0.3) is 11.3 Å². The highest BCUT2D eigenvalue weighted by atomic mass is 35.5. The molecule has 6 nitrogen and oxygen atoms in total. The Balaban J connectivity index is 1.90. The lowest BCUT2D eigenvalue weighted by molar-refractivity contribution is 0.545. The van der Waals surface area contributed by atoms with Gasteiger partial charge in [0.1, 0.15) is 0 Å². The molecule has 0 N–H and O–H groups in total. The van der Waals surface area contributed by atoms with Crippen molar-refractivity contribution in [3.8, 4) is 5.69 Å². The van der Waals surface area contributed by atoms with Gasteiger partial charge < -0.3 is 0 Å². The molecule has 1 aliphatic carbocycles. The predicted octanol–water partition coefficient (Wildman–Crippen LogP) is 1.71. The molecule has 0 bridgehead atoms. The molecule has 4 rings (SSSR count). The Bertz CT molecular complexity index is 981. The van der Waals surface area contributed by atoms with Gasteiger partial charge in [-0.05, 0) is 37.0 Å². The maximum absolute atomic E-state index is 12.6. The number of rotatable bonds is 3. The summed E-state index contributed by atoms with van der Waals surface area (Å²) in [6, 6.07) is 6.98. The lowest BCUT2D eigenvalue weighted by Crippen LogP contribution is -2.24. The van der Waals surface area contributed by atoms with E-state index in [0.717, 1.165) is 12.8 Å². The van der Waals surface area contributed by atoms with Crippen molar-refractivity contribution in [3.63, 3.8) is 0 Å². The van der Waals surface area contributed by atoms with Crippen LogP contribution in [0.3, 0.4) is 0 Å². The Morgan fingerprint density at radius 3 is 2.77 bits per heavy atom. The normalized spacial score (nSPS) is 14.6. The van der Waals surface area contributed by atoms with E-state index in [-0.39, 0.29) is 16.9 Å². The van der Waals surface area contributed by atoms with Gasteiger partial charge in [0, 0.05) is 24.0 Å². The molecule has 1 fully saturated rings. The van der Waals surface area contributed by atoms with Gasteiger partial charge in [-0.2, -0.15) is 0 Å². The van der Waals surface area contributed by atoms with E-state index in [2.05, 4.69) is 5.10 Å². The van der Waals surface area contributed by atoms with E-state index in [1.54, 1.807) is 36.7 Å². The second kappa shape index (κ2) is 4.84. The Morgan fingerprint density at radius 1 is 1.23 bits per heavy atom. The van der Waals surface area contributed by atoms with Gasteiger partial charge in [0.2, 0.25) is 5.65 Å². The van der Waals surface area contributed by atoms with Gasteiger partial charge in [0.25, 0.3) is 0 Å². The summed E-state index contributed by atoms with van der Waals surface area (Å²) in [7, 11) is 0. The summed E-state index contributed by atoms with van der Waals surface area (Å²) in [5.41, 5.74) is 0.172. The van der Waals surface area contributed by atoms with Crippen LogP contribution < -0.4 is 11.2 Å². The quantitative estimate of drug-likeness (QED) is 0.739. The Morgan fingerprint density at radius 2 is 2.05 bits per heavy atom. The largest absolute Gasteiger partial charge is 0.350 e. The molecular formula is C15H13ClN4O2. The molecule has 1 aromatic carbocycles. The first-order chi connectivity index (χ1) is 10.6. The smallest absolute Gasteiger partial charge is 0.280 e. The van der Waals surface area contributed by atoms with Crippen LogP contribution in [0.4, 0.5) is 0 Å². The van der Waals surface area contributed by atoms with Crippen LogP contribution in [-0.2, 0) is 6.54 Å². The van der Waals surface area contributed by atoms with Gasteiger partial charge in [0.15, 0.2) is 0 Å². The third kappa shape index (κ3) is 2.16. The summed E-state index contributed by atoms with van der Waals surface area (Å²) in [5.74, 6) is 0.512. The molecule has 7 heteroatoms. The van der Waals surface area contributed by atoms with Crippen molar-refractivity contribution < 1.29 is 0 Å². The van der Waals surface area contributed by atoms with E-state index in [1.165, 1.54) is 13.6 Å². The van der Waals surface area contributed by atoms with E-state index in [0.29, 0.717) is 23.2 Å². The Labute approximate surface area is 130 Å². The minimum atomic E-state index is -0.337. The molecular weight excluding hydrogens is 304 g/mol. The molecule has 0 amide bonds. The predicted molar refractivity (Wildman–Crippen MR) is 82.8 cm³/mol. The highest BCUT2D eigenvalue weighted by Gasteiger charge is 2.24. The zero-order valence-corrected chi connectivity index (χ0v) is 12.4. The van der Waals surface area contributed by atoms with Gasteiger partial charge in [-0.1, -0.05) is 17.7 Å². The summed E-state index contributed by atoms with van der Waals surface area (Å²) < 4.78 is 4.12. The highest BCUT2D eigenvalue weighted by Crippen LogP contribution is 2.29. The van der Waals surface area contributed by atoms with E-state index in [1.807, 2.05) is 0 Å². The fourth-order valence-electron chi connectivity index (χ4n) is 2.50. The number of fused-ring (bicyclic) bond motifs is 1. The molecule has 0 saturated heterocycles. The molecule has 3 aromatic rings. The number of benzene rings is 1. The zero-order valence-electron chi connectivity index (χ0n) is 11.6. The van der Waals surface area contributed by atoms with E-state index in [9.17, 15) is 9.59 Å². The first-order valence-corrected chi connectivity index (χ1v) is 7.48. The number of aromatic nitrogens is 4. The van der Waals surface area contributed by atoms with Crippen LogP contribution in [0, 0.1) is 5.92 Å². The number of nitrogens with zero attached hydrogens (tertiary/aromatic N) is 4. The van der Waals surface area contributed by atoms with Gasteiger partial charge in [-0.25, -0.2) is 13.9 Å². The third-order valence-electron chi connectivity index (χ3n) is 3.86. The van der Waals surface area contributed by atoms with Crippen molar-refractivity contribution in [2.45, 2.75) is 19.4 Å². The molecule has 1 saturated carbocycles. The summed E-state index contributed by atoms with van der Waals surface area (Å²) in [4.78, 5) is 24.8. The van der Waals surface area contributed by atoms with Crippen molar-refractivity contribution >= 4 is 17.2 Å². The average molecular weight is 317 g/mol. The second-order valence-electron chi connectivity index (χ2n) is 5.55. The van der Waals surface area contributed by atoms with Gasteiger partial charge in [-0.3, -0.25) is 9.36 Å². The van der Waals surface area contributed by atoms with Crippen LogP contribution in [-0.4, -0.2) is 18.7 Å². The summed E-state index contributed by atoms with van der Waals surface area (Å²) >= 11 is 5.97. The molecule has 0 radical (unpaired) electrons. The van der Waals surface area contributed by atoms with Gasteiger partial charge in [-0.15, -0.1) is 5.10 Å². The van der Waals surface area contributed by atoms with Crippen LogP contribution in [0.15, 0.2) is 46.2 Å². The van der Waals surface area contributed by atoms with Crippen LogP contribution in [0.2, 0.25) is 5.02 Å². The first-order valence-electron chi connectivity index (χ1n) is 7.10. The van der Waals surface area contributed by atoms with E-state index in [4.69, 9.17) is 11.6 Å². The number of hydrogen-bond acceptors (Lipinski definition) is 3. The molecule has 0 atom stereocenters. The third-order valence-corrected chi connectivity index (χ3v) is 4.09. The fourth-order valence-corrected chi connectivity index (χ4v) is 2.69. The minimum Gasteiger partial charge on any atom is -0.280 e. The second-order valence-corrected chi connectivity index (χ2v) is 5.99. The lowest BCUT2D eigenvalue weighted by Gasteiger charge is -2.05. The summed E-state index contributed by atoms with van der Waals surface area (Å²) in [6.07, 6.45) is 5.36. The van der Waals surface area contributed by atoms with E-state index < -0.39 is 0 Å². The Hall–Kier alpha value is -2.34.